The summed E-state index contributed by atoms with van der Waals surface area (Å²) in [4.78, 5) is 0. The first kappa shape index (κ1) is 30.1. The highest BCUT2D eigenvalue weighted by Crippen LogP contribution is 2.50. The molecule has 1 aliphatic rings. The molecule has 0 unspecified atom stereocenters. The van der Waals surface area contributed by atoms with E-state index in [0.717, 1.165) is 5.69 Å². The molecule has 1 aliphatic carbocycles. The molecule has 0 fully saturated rings. The number of hydrogen-bond donors (Lipinski definition) is 0. The summed E-state index contributed by atoms with van der Waals surface area (Å²) in [7, 11) is 0. The van der Waals surface area contributed by atoms with E-state index >= 15 is 0 Å². The van der Waals surface area contributed by atoms with Crippen molar-refractivity contribution < 1.29 is 0 Å². The molecule has 54 heavy (non-hydrogen) atoms. The van der Waals surface area contributed by atoms with Crippen molar-refractivity contribution in [2.45, 2.75) is 19.3 Å². The van der Waals surface area contributed by atoms with E-state index in [2.05, 4.69) is 193 Å². The van der Waals surface area contributed by atoms with E-state index in [1.165, 1.54) is 103 Å². The van der Waals surface area contributed by atoms with E-state index in [9.17, 15) is 0 Å². The van der Waals surface area contributed by atoms with Crippen LogP contribution >= 0.6 is 11.3 Å². The van der Waals surface area contributed by atoms with Gasteiger partial charge in [-0.2, -0.15) is 0 Å². The Morgan fingerprint density at radius 3 is 1.93 bits per heavy atom. The summed E-state index contributed by atoms with van der Waals surface area (Å²) in [6.07, 6.45) is 0. The number of para-hydroxylation sites is 2. The zero-order valence-corrected chi connectivity index (χ0v) is 30.8. The first-order valence-electron chi connectivity index (χ1n) is 18.8. The van der Waals surface area contributed by atoms with Crippen molar-refractivity contribution in [3.63, 3.8) is 0 Å². The largest absolute Gasteiger partial charge is 0.309 e. The predicted molar refractivity (Wildman–Crippen MR) is 231 cm³/mol. The Balaban J connectivity index is 1.09. The van der Waals surface area contributed by atoms with Gasteiger partial charge >= 0.3 is 0 Å². The maximum absolute atomic E-state index is 2.53. The Kier molecular flexibility index (Phi) is 6.03. The minimum Gasteiger partial charge on any atom is -0.309 e. The molecule has 8 aromatic carbocycles. The number of aromatic nitrogens is 2. The number of thiophene rings is 1. The average Bonchev–Trinajstić information content (AvgIpc) is 3.93. The van der Waals surface area contributed by atoms with Gasteiger partial charge in [-0.15, -0.1) is 11.3 Å². The maximum atomic E-state index is 2.53. The van der Waals surface area contributed by atoms with Crippen molar-refractivity contribution in [2.24, 2.45) is 0 Å². The van der Waals surface area contributed by atoms with E-state index < -0.39 is 0 Å². The molecule has 0 saturated heterocycles. The normalized spacial score (nSPS) is 13.5. The molecule has 2 nitrogen and oxygen atoms in total. The quantitative estimate of drug-likeness (QED) is 0.173. The van der Waals surface area contributed by atoms with Crippen LogP contribution in [-0.2, 0) is 5.41 Å². The van der Waals surface area contributed by atoms with Crippen LogP contribution in [0.1, 0.15) is 25.0 Å². The lowest BCUT2D eigenvalue weighted by atomic mass is 9.82. The second-order valence-corrected chi connectivity index (χ2v) is 16.3. The molecule has 0 atom stereocenters. The molecule has 0 saturated carbocycles. The highest BCUT2D eigenvalue weighted by atomic mass is 32.1. The number of fused-ring (bicyclic) bond motifs is 13. The molecule has 0 aliphatic heterocycles. The lowest BCUT2D eigenvalue weighted by Crippen LogP contribution is -2.15. The molecule has 0 amide bonds. The summed E-state index contributed by atoms with van der Waals surface area (Å²) in [6, 6.07) is 63.2. The van der Waals surface area contributed by atoms with Crippen LogP contribution in [0.4, 0.5) is 0 Å². The highest BCUT2D eigenvalue weighted by molar-refractivity contribution is 7.26. The van der Waals surface area contributed by atoms with Crippen LogP contribution in [0.2, 0.25) is 0 Å². The van der Waals surface area contributed by atoms with Crippen molar-refractivity contribution in [3.05, 3.63) is 181 Å². The van der Waals surface area contributed by atoms with Gasteiger partial charge < -0.3 is 9.13 Å². The second-order valence-electron chi connectivity index (χ2n) is 15.3. The Labute approximate surface area is 316 Å². The molecule has 3 heterocycles. The van der Waals surface area contributed by atoms with E-state index in [4.69, 9.17) is 0 Å². The van der Waals surface area contributed by atoms with Gasteiger partial charge in [0.05, 0.1) is 22.1 Å². The summed E-state index contributed by atoms with van der Waals surface area (Å²) in [5.41, 5.74) is 15.2. The van der Waals surface area contributed by atoms with E-state index in [-0.39, 0.29) is 5.41 Å². The minimum atomic E-state index is -0.0826. The van der Waals surface area contributed by atoms with Gasteiger partial charge in [-0.1, -0.05) is 135 Å². The molecule has 0 spiro atoms. The van der Waals surface area contributed by atoms with E-state index in [1.807, 2.05) is 11.3 Å². The summed E-state index contributed by atoms with van der Waals surface area (Å²) in [5.74, 6) is 0. The van der Waals surface area contributed by atoms with Crippen LogP contribution in [0.25, 0.3) is 97.4 Å². The third-order valence-corrected chi connectivity index (χ3v) is 13.4. The summed E-state index contributed by atoms with van der Waals surface area (Å²) >= 11 is 1.89. The van der Waals surface area contributed by atoms with Crippen molar-refractivity contribution in [2.75, 3.05) is 0 Å². The molecule has 3 heteroatoms. The zero-order chi connectivity index (χ0) is 35.7. The fraction of sp³-hybridized carbons (Fsp3) is 0.0588. The van der Waals surface area contributed by atoms with E-state index in [0.29, 0.717) is 0 Å². The highest BCUT2D eigenvalue weighted by Gasteiger charge is 2.35. The molecular formula is C51H34N2S. The Hall–Kier alpha value is -6.42. The van der Waals surface area contributed by atoms with Crippen LogP contribution in [0.5, 0.6) is 0 Å². The Morgan fingerprint density at radius 2 is 1.07 bits per heavy atom. The van der Waals surface area contributed by atoms with Crippen molar-refractivity contribution in [3.8, 4) is 33.6 Å². The number of rotatable bonds is 3. The molecule has 0 bridgehead atoms. The van der Waals surface area contributed by atoms with Crippen LogP contribution < -0.4 is 0 Å². The van der Waals surface area contributed by atoms with E-state index in [1.54, 1.807) is 0 Å². The van der Waals surface area contributed by atoms with Gasteiger partial charge in [-0.25, -0.2) is 0 Å². The molecule has 0 N–H and O–H groups in total. The smallest absolute Gasteiger partial charge is 0.0641 e. The first-order chi connectivity index (χ1) is 26.6. The average molecular weight is 707 g/mol. The lowest BCUT2D eigenvalue weighted by Gasteiger charge is -2.22. The molecule has 0 radical (unpaired) electrons. The van der Waals surface area contributed by atoms with Crippen molar-refractivity contribution in [1.82, 2.24) is 9.13 Å². The molecule has 11 aromatic rings. The molecule has 254 valence electrons. The molecule has 12 rings (SSSR count). The summed E-state index contributed by atoms with van der Waals surface area (Å²) in [6.45, 7) is 4.74. The van der Waals surface area contributed by atoms with Crippen LogP contribution in [0, 0.1) is 0 Å². The summed E-state index contributed by atoms with van der Waals surface area (Å²) < 4.78 is 7.66. The van der Waals surface area contributed by atoms with Crippen molar-refractivity contribution in [1.29, 1.82) is 0 Å². The van der Waals surface area contributed by atoms with Crippen LogP contribution in [0.3, 0.4) is 0 Å². The monoisotopic (exact) mass is 706 g/mol. The standard InChI is InChI=1S/C51H34N2S/c1-51(2)42-18-7-3-12-35(42)36-27-26-33(30-43(36)51)53-44-19-8-4-13-37(44)39-28-29-46-48(49(39)53)41-15-5-9-20-45(41)52(46)32-24-22-31(23-25-32)34-16-11-17-40-38-14-6-10-21-47(38)54-50(34)40/h3-30H,1-2H3. The second kappa shape index (κ2) is 10.8. The molecule has 3 aromatic heterocycles. The van der Waals surface area contributed by atoms with Crippen molar-refractivity contribution >= 4 is 75.1 Å². The third kappa shape index (κ3) is 3.94. The lowest BCUT2D eigenvalue weighted by molar-refractivity contribution is 0.660. The van der Waals surface area contributed by atoms with Gasteiger partial charge in [-0.05, 0) is 81.9 Å². The minimum absolute atomic E-state index is 0.0826. The topological polar surface area (TPSA) is 9.86 Å². The third-order valence-electron chi connectivity index (χ3n) is 12.1. The Bertz CT molecular complexity index is 3350. The van der Waals surface area contributed by atoms with Gasteiger partial charge in [-0.3, -0.25) is 0 Å². The van der Waals surface area contributed by atoms with Gasteiger partial charge in [0.2, 0.25) is 0 Å². The maximum Gasteiger partial charge on any atom is 0.0641 e. The fourth-order valence-electron chi connectivity index (χ4n) is 9.65. The number of benzene rings is 8. The number of nitrogens with zero attached hydrogens (tertiary/aromatic N) is 2. The zero-order valence-electron chi connectivity index (χ0n) is 30.0. The van der Waals surface area contributed by atoms with Crippen LogP contribution in [0.15, 0.2) is 170 Å². The van der Waals surface area contributed by atoms with Gasteiger partial charge in [0.25, 0.3) is 0 Å². The van der Waals surface area contributed by atoms with Gasteiger partial charge in [0, 0.05) is 58.5 Å². The Morgan fingerprint density at radius 1 is 0.426 bits per heavy atom. The first-order valence-corrected chi connectivity index (χ1v) is 19.6. The van der Waals surface area contributed by atoms with Gasteiger partial charge in [0.1, 0.15) is 0 Å². The summed E-state index contributed by atoms with van der Waals surface area (Å²) in [5, 5.41) is 7.75. The number of hydrogen-bond acceptors (Lipinski definition) is 1. The molecular weight excluding hydrogens is 673 g/mol. The SMILES string of the molecule is CC1(C)c2ccccc2-c2ccc(-n3c4ccccc4c4ccc5c(c6ccccc6n5-c5ccc(-c6cccc7c6sc6ccccc67)cc5)c43)cc21. The fourth-order valence-corrected chi connectivity index (χ4v) is 10.9. The predicted octanol–water partition coefficient (Wildman–Crippen LogP) is 14.2. The van der Waals surface area contributed by atoms with Gasteiger partial charge in [0.15, 0.2) is 0 Å². The van der Waals surface area contributed by atoms with Crippen LogP contribution in [-0.4, -0.2) is 9.13 Å².